The SMILES string of the molecule is O=C(O)c1c(NC(=O)N2Cc3ccc(N(O)O)cc3C2)csc1-c1ccc(Cl)cc1. The number of anilines is 2. The Morgan fingerprint density at radius 2 is 1.77 bits per heavy atom. The van der Waals surface area contributed by atoms with Gasteiger partial charge in [0, 0.05) is 23.5 Å². The maximum atomic E-state index is 12.8. The van der Waals surface area contributed by atoms with Crippen LogP contribution in [0.1, 0.15) is 21.5 Å². The molecule has 0 bridgehead atoms. The van der Waals surface area contributed by atoms with Crippen LogP contribution < -0.4 is 10.5 Å². The predicted octanol–water partition coefficient (Wildman–Crippen LogP) is 4.90. The Morgan fingerprint density at radius 1 is 1.07 bits per heavy atom. The van der Waals surface area contributed by atoms with Gasteiger partial charge in [-0.25, -0.2) is 9.59 Å². The van der Waals surface area contributed by atoms with Crippen molar-refractivity contribution >= 4 is 46.3 Å². The van der Waals surface area contributed by atoms with E-state index in [4.69, 9.17) is 22.0 Å². The molecule has 2 heterocycles. The van der Waals surface area contributed by atoms with Gasteiger partial charge in [0.15, 0.2) is 0 Å². The van der Waals surface area contributed by atoms with Crippen LogP contribution >= 0.6 is 22.9 Å². The zero-order valence-corrected chi connectivity index (χ0v) is 16.9. The minimum Gasteiger partial charge on any atom is -0.478 e. The number of halogens is 1. The molecule has 154 valence electrons. The zero-order valence-electron chi connectivity index (χ0n) is 15.4. The molecule has 8 nitrogen and oxygen atoms in total. The number of hydrogen-bond acceptors (Lipinski definition) is 6. The third-order valence-corrected chi connectivity index (χ3v) is 6.06. The number of benzene rings is 2. The minimum atomic E-state index is -1.14. The summed E-state index contributed by atoms with van der Waals surface area (Å²) in [6.07, 6.45) is 0. The van der Waals surface area contributed by atoms with E-state index in [0.717, 1.165) is 11.1 Å². The largest absolute Gasteiger partial charge is 0.478 e. The van der Waals surface area contributed by atoms with Crippen molar-refractivity contribution in [2.24, 2.45) is 0 Å². The maximum Gasteiger partial charge on any atom is 0.339 e. The molecule has 0 unspecified atom stereocenters. The Labute approximate surface area is 180 Å². The Morgan fingerprint density at radius 3 is 2.43 bits per heavy atom. The van der Waals surface area contributed by atoms with E-state index in [1.807, 2.05) is 0 Å². The monoisotopic (exact) mass is 445 g/mol. The van der Waals surface area contributed by atoms with Gasteiger partial charge in [0.2, 0.25) is 0 Å². The van der Waals surface area contributed by atoms with E-state index in [-0.39, 0.29) is 28.7 Å². The number of carboxylic acid groups (broad SMARTS) is 1. The van der Waals surface area contributed by atoms with Crippen molar-refractivity contribution in [2.75, 3.05) is 10.5 Å². The summed E-state index contributed by atoms with van der Waals surface area (Å²) < 4.78 is 0. The van der Waals surface area contributed by atoms with Crippen LogP contribution in [0.25, 0.3) is 10.4 Å². The number of carbonyl (C=O) groups excluding carboxylic acids is 1. The number of urea groups is 1. The Bertz CT molecular complexity index is 1130. The number of carbonyl (C=O) groups is 2. The lowest BCUT2D eigenvalue weighted by atomic mass is 10.1. The highest BCUT2D eigenvalue weighted by molar-refractivity contribution is 7.14. The highest BCUT2D eigenvalue weighted by Gasteiger charge is 2.27. The van der Waals surface area contributed by atoms with Crippen LogP contribution in [-0.4, -0.2) is 32.4 Å². The minimum absolute atomic E-state index is 0.0193. The molecule has 2 aromatic carbocycles. The molecule has 3 aromatic rings. The van der Waals surface area contributed by atoms with Crippen molar-refractivity contribution in [1.82, 2.24) is 4.90 Å². The molecule has 0 radical (unpaired) electrons. The number of fused-ring (bicyclic) bond motifs is 1. The van der Waals surface area contributed by atoms with E-state index < -0.39 is 12.0 Å². The van der Waals surface area contributed by atoms with Crippen molar-refractivity contribution < 1.29 is 25.1 Å². The van der Waals surface area contributed by atoms with Crippen LogP contribution in [0.2, 0.25) is 5.02 Å². The van der Waals surface area contributed by atoms with Gasteiger partial charge >= 0.3 is 12.0 Å². The molecular formula is C20H16ClN3O5S. The van der Waals surface area contributed by atoms with E-state index in [0.29, 0.717) is 22.0 Å². The zero-order chi connectivity index (χ0) is 21.4. The number of nitrogens with one attached hydrogen (secondary N) is 1. The fourth-order valence-electron chi connectivity index (χ4n) is 3.32. The molecule has 0 atom stereocenters. The average Bonchev–Trinajstić information content (AvgIpc) is 3.32. The summed E-state index contributed by atoms with van der Waals surface area (Å²) in [5.74, 6) is -1.14. The van der Waals surface area contributed by atoms with Crippen LogP contribution in [0.4, 0.5) is 16.2 Å². The summed E-state index contributed by atoms with van der Waals surface area (Å²) in [7, 11) is 0. The first-order chi connectivity index (χ1) is 14.3. The smallest absolute Gasteiger partial charge is 0.339 e. The molecule has 4 N–H and O–H groups in total. The predicted molar refractivity (Wildman–Crippen MR) is 112 cm³/mol. The van der Waals surface area contributed by atoms with Gasteiger partial charge in [-0.3, -0.25) is 10.4 Å². The summed E-state index contributed by atoms with van der Waals surface area (Å²) in [5, 5.41) is 32.9. The van der Waals surface area contributed by atoms with Gasteiger partial charge in [-0.15, -0.1) is 16.6 Å². The second-order valence-corrected chi connectivity index (χ2v) is 8.01. The molecule has 0 saturated carbocycles. The van der Waals surface area contributed by atoms with Crippen molar-refractivity contribution in [1.29, 1.82) is 0 Å². The second kappa shape index (κ2) is 7.96. The molecule has 1 aromatic heterocycles. The number of hydrogen-bond donors (Lipinski definition) is 4. The number of rotatable bonds is 4. The Kier molecular flexibility index (Phi) is 5.35. The van der Waals surface area contributed by atoms with E-state index in [1.165, 1.54) is 22.3 Å². The lowest BCUT2D eigenvalue weighted by Gasteiger charge is -2.16. The van der Waals surface area contributed by atoms with Crippen LogP contribution in [0.15, 0.2) is 47.8 Å². The first-order valence-electron chi connectivity index (χ1n) is 8.80. The van der Waals surface area contributed by atoms with Gasteiger partial charge in [-0.2, -0.15) is 0 Å². The summed E-state index contributed by atoms with van der Waals surface area (Å²) in [4.78, 5) is 26.7. The van der Waals surface area contributed by atoms with Crippen LogP contribution in [0.3, 0.4) is 0 Å². The van der Waals surface area contributed by atoms with Crippen LogP contribution in [0, 0.1) is 0 Å². The normalized spacial score (nSPS) is 12.6. The number of thiophene rings is 1. The van der Waals surface area contributed by atoms with Gasteiger partial charge in [-0.1, -0.05) is 29.8 Å². The number of aromatic carboxylic acids is 1. The molecule has 0 fully saturated rings. The molecule has 0 aliphatic carbocycles. The van der Waals surface area contributed by atoms with Crippen LogP contribution in [0.5, 0.6) is 0 Å². The molecule has 0 saturated heterocycles. The van der Waals surface area contributed by atoms with E-state index in [9.17, 15) is 14.7 Å². The molecule has 10 heteroatoms. The van der Waals surface area contributed by atoms with Crippen molar-refractivity contribution in [3.05, 3.63) is 69.6 Å². The number of amides is 2. The molecule has 30 heavy (non-hydrogen) atoms. The second-order valence-electron chi connectivity index (χ2n) is 6.69. The summed E-state index contributed by atoms with van der Waals surface area (Å²) in [6.45, 7) is 0.592. The number of carboxylic acids is 1. The molecule has 1 aliphatic heterocycles. The summed E-state index contributed by atoms with van der Waals surface area (Å²) in [6, 6.07) is 11.2. The number of nitrogens with zero attached hydrogens (tertiary/aromatic N) is 2. The highest BCUT2D eigenvalue weighted by Crippen LogP contribution is 2.37. The van der Waals surface area contributed by atoms with Gasteiger partial charge in [-0.05, 0) is 41.0 Å². The average molecular weight is 446 g/mol. The summed E-state index contributed by atoms with van der Waals surface area (Å²) in [5.41, 5.74) is 2.78. The fourth-order valence-corrected chi connectivity index (χ4v) is 4.44. The molecule has 4 rings (SSSR count). The van der Waals surface area contributed by atoms with Gasteiger partial charge in [0.25, 0.3) is 0 Å². The topological polar surface area (TPSA) is 113 Å². The Hall–Kier alpha value is -3.11. The standard InChI is InChI=1S/C20H16ClN3O5S/c21-14-4-1-11(2-5-14)18-17(19(25)26)16(10-30-18)22-20(27)23-8-12-3-6-15(24(28)29)7-13(12)9-23/h1-7,10,28-29H,8-9H2,(H,22,27)(H,25,26). The molecular weight excluding hydrogens is 430 g/mol. The maximum absolute atomic E-state index is 12.8. The van der Waals surface area contributed by atoms with Crippen molar-refractivity contribution in [3.63, 3.8) is 0 Å². The van der Waals surface area contributed by atoms with E-state index >= 15 is 0 Å². The van der Waals surface area contributed by atoms with Gasteiger partial charge < -0.3 is 15.3 Å². The van der Waals surface area contributed by atoms with Gasteiger partial charge in [0.05, 0.1) is 16.3 Å². The fraction of sp³-hybridized carbons (Fsp3) is 0.100. The van der Waals surface area contributed by atoms with E-state index in [1.54, 1.807) is 41.8 Å². The lowest BCUT2D eigenvalue weighted by Crippen LogP contribution is -2.30. The molecule has 1 aliphatic rings. The van der Waals surface area contributed by atoms with Crippen molar-refractivity contribution in [3.8, 4) is 10.4 Å². The quantitative estimate of drug-likeness (QED) is 0.425. The summed E-state index contributed by atoms with van der Waals surface area (Å²) >= 11 is 7.13. The molecule has 0 spiro atoms. The van der Waals surface area contributed by atoms with Gasteiger partial charge in [0.1, 0.15) is 5.56 Å². The van der Waals surface area contributed by atoms with Crippen molar-refractivity contribution in [2.45, 2.75) is 13.1 Å². The molecule has 2 amide bonds. The van der Waals surface area contributed by atoms with E-state index in [2.05, 4.69) is 5.32 Å². The lowest BCUT2D eigenvalue weighted by molar-refractivity contribution is 0.0291. The van der Waals surface area contributed by atoms with Crippen LogP contribution in [-0.2, 0) is 13.1 Å². The third-order valence-electron chi connectivity index (χ3n) is 4.78. The Balaban J connectivity index is 1.55. The first kappa shape index (κ1) is 20.2. The highest BCUT2D eigenvalue weighted by atomic mass is 35.5. The third kappa shape index (κ3) is 3.83. The first-order valence-corrected chi connectivity index (χ1v) is 10.1.